The third-order valence-corrected chi connectivity index (χ3v) is 4.48. The lowest BCUT2D eigenvalue weighted by Gasteiger charge is -2.19. The summed E-state index contributed by atoms with van der Waals surface area (Å²) < 4.78 is 0. The van der Waals surface area contributed by atoms with Crippen molar-refractivity contribution in [3.05, 3.63) is 54.2 Å². The van der Waals surface area contributed by atoms with E-state index in [9.17, 15) is 14.7 Å². The largest absolute Gasteiger partial charge is 0.481 e. The van der Waals surface area contributed by atoms with Gasteiger partial charge in [0.1, 0.15) is 18.2 Å². The molecule has 0 saturated heterocycles. The summed E-state index contributed by atoms with van der Waals surface area (Å²) in [5.74, 6) is -2.13. The molecule has 1 atom stereocenters. The van der Waals surface area contributed by atoms with Gasteiger partial charge >= 0.3 is 11.9 Å². The van der Waals surface area contributed by atoms with Crippen molar-refractivity contribution in [3.8, 4) is 0 Å². The normalized spacial score (nSPS) is 11.9. The molecule has 0 aliphatic rings. The molecule has 12 nitrogen and oxygen atoms in total. The van der Waals surface area contributed by atoms with Gasteiger partial charge in [-0.2, -0.15) is 4.98 Å². The van der Waals surface area contributed by atoms with E-state index in [4.69, 9.17) is 16.6 Å². The summed E-state index contributed by atoms with van der Waals surface area (Å²) in [4.78, 5) is 44.2. The monoisotopic (exact) mass is 454 g/mol. The van der Waals surface area contributed by atoms with Crippen molar-refractivity contribution in [1.29, 1.82) is 0 Å². The maximum atomic E-state index is 11.4. The van der Waals surface area contributed by atoms with Crippen LogP contribution in [0.4, 0.5) is 17.5 Å². The zero-order valence-electron chi connectivity index (χ0n) is 18.3. The third kappa shape index (κ3) is 8.36. The topological polar surface area (TPSA) is 194 Å². The van der Waals surface area contributed by atoms with E-state index >= 15 is 0 Å². The van der Waals surface area contributed by atoms with E-state index in [0.29, 0.717) is 18.0 Å². The van der Waals surface area contributed by atoms with Crippen LogP contribution in [0, 0.1) is 0 Å². The summed E-state index contributed by atoms with van der Waals surface area (Å²) >= 11 is 0. The fraction of sp³-hybridized carbons (Fsp3) is 0.286. The highest BCUT2D eigenvalue weighted by atomic mass is 16.4. The van der Waals surface area contributed by atoms with E-state index in [1.54, 1.807) is 6.92 Å². The average molecular weight is 454 g/mol. The molecule has 0 aliphatic heterocycles. The molecule has 0 amide bonds. The standard InChI is InChI=1S/C21H26N8O4/c1-13(27-17(20(32)33)7-8-19(30)31)14-3-5-16(6-4-14)29(2)11-15-9-24-12-26-21(23)28-18(22)10-25-15/h3-6,9-10,12,17H,7-8,11H2,1-2H3,(H,30,31)(H,32,33)(H4,22,23,24,26,28). The van der Waals surface area contributed by atoms with Crippen LogP contribution in [0.25, 0.3) is 0 Å². The number of nitrogens with two attached hydrogens (primary N) is 2. The molecule has 2 aromatic rings. The number of anilines is 3. The Morgan fingerprint density at radius 1 is 1.12 bits per heavy atom. The minimum absolute atomic E-state index is 0.0212. The molecule has 0 aliphatic carbocycles. The predicted molar refractivity (Wildman–Crippen MR) is 123 cm³/mol. The Balaban J connectivity index is 2.17. The van der Waals surface area contributed by atoms with Gasteiger partial charge in [-0.15, -0.1) is 0 Å². The highest BCUT2D eigenvalue weighted by Crippen LogP contribution is 2.17. The van der Waals surface area contributed by atoms with Crippen LogP contribution in [0.3, 0.4) is 0 Å². The number of hydrogen-bond acceptors (Lipinski definition) is 10. The van der Waals surface area contributed by atoms with Crippen molar-refractivity contribution in [1.82, 2.24) is 19.9 Å². The number of aromatic nitrogens is 4. The van der Waals surface area contributed by atoms with Crippen molar-refractivity contribution < 1.29 is 19.8 Å². The van der Waals surface area contributed by atoms with Crippen LogP contribution in [0.2, 0.25) is 0 Å². The van der Waals surface area contributed by atoms with Gasteiger partial charge in [0.25, 0.3) is 0 Å². The van der Waals surface area contributed by atoms with Crippen molar-refractivity contribution in [2.24, 2.45) is 4.99 Å². The van der Waals surface area contributed by atoms with E-state index in [-0.39, 0.29) is 24.6 Å². The van der Waals surface area contributed by atoms with E-state index < -0.39 is 18.0 Å². The number of nitrogens with zero attached hydrogens (tertiary/aromatic N) is 6. The van der Waals surface area contributed by atoms with Crippen molar-refractivity contribution in [2.45, 2.75) is 32.4 Å². The Labute approximate surface area is 190 Å². The Morgan fingerprint density at radius 2 is 1.82 bits per heavy atom. The molecular weight excluding hydrogens is 428 g/mol. The molecule has 1 heterocycles. The van der Waals surface area contributed by atoms with E-state index in [0.717, 1.165) is 11.3 Å². The summed E-state index contributed by atoms with van der Waals surface area (Å²) in [6.45, 7) is 2.09. The minimum Gasteiger partial charge on any atom is -0.481 e. The summed E-state index contributed by atoms with van der Waals surface area (Å²) in [6.07, 6.45) is 3.82. The predicted octanol–water partition coefficient (Wildman–Crippen LogP) is 1.32. The van der Waals surface area contributed by atoms with Crippen molar-refractivity contribution in [3.63, 3.8) is 0 Å². The molecule has 0 fully saturated rings. The summed E-state index contributed by atoms with van der Waals surface area (Å²) in [5, 5.41) is 18.1. The van der Waals surface area contributed by atoms with Gasteiger partial charge in [-0.1, -0.05) is 12.1 Å². The Hall–Kier alpha value is -4.35. The molecule has 1 aromatic heterocycles. The Morgan fingerprint density at radius 3 is 2.45 bits per heavy atom. The molecule has 1 aromatic carbocycles. The Bertz CT molecular complexity index is 1070. The van der Waals surface area contributed by atoms with Crippen LogP contribution in [-0.2, 0) is 16.1 Å². The highest BCUT2D eigenvalue weighted by molar-refractivity contribution is 6.00. The molecule has 33 heavy (non-hydrogen) atoms. The number of benzene rings is 1. The third-order valence-electron chi connectivity index (χ3n) is 4.48. The van der Waals surface area contributed by atoms with Crippen LogP contribution in [0.15, 0.2) is 48.0 Å². The number of carboxylic acid groups (broad SMARTS) is 2. The first-order chi connectivity index (χ1) is 15.7. The molecule has 1 unspecified atom stereocenters. The van der Waals surface area contributed by atoms with Gasteiger partial charge in [-0.05, 0) is 31.0 Å². The first-order valence-electron chi connectivity index (χ1n) is 9.88. The second-order valence-electron chi connectivity index (χ2n) is 7.07. The lowest BCUT2D eigenvalue weighted by atomic mass is 10.1. The second-order valence-corrected chi connectivity index (χ2v) is 7.07. The number of nitrogen functional groups attached to an aromatic ring is 2. The molecule has 0 radical (unpaired) electrons. The zero-order chi connectivity index (χ0) is 24.4. The number of aliphatic carboxylic acids is 2. The van der Waals surface area contributed by atoms with Crippen molar-refractivity contribution in [2.75, 3.05) is 23.4 Å². The average Bonchev–Trinajstić information content (AvgIpc) is 2.76. The van der Waals surface area contributed by atoms with Crippen LogP contribution < -0.4 is 16.4 Å². The highest BCUT2D eigenvalue weighted by Gasteiger charge is 2.18. The fourth-order valence-electron chi connectivity index (χ4n) is 2.77. The van der Waals surface area contributed by atoms with Gasteiger partial charge in [0.05, 0.1) is 24.6 Å². The van der Waals surface area contributed by atoms with E-state index in [1.807, 2.05) is 36.2 Å². The van der Waals surface area contributed by atoms with Gasteiger partial charge in [-0.3, -0.25) is 14.8 Å². The minimum atomic E-state index is -1.16. The number of carboxylic acids is 2. The lowest BCUT2D eigenvalue weighted by Crippen LogP contribution is -2.21. The zero-order valence-corrected chi connectivity index (χ0v) is 18.3. The summed E-state index contributed by atoms with van der Waals surface area (Å²) in [7, 11) is 1.87. The quantitative estimate of drug-likeness (QED) is 0.399. The van der Waals surface area contributed by atoms with E-state index in [2.05, 4.69) is 24.9 Å². The SMILES string of the molecule is CC(=NC(CCC(=O)O)C(=O)O)c1ccc(N(C)Cc2cncnc(N)nc(N)cn2)cc1. The molecule has 2 rings (SSSR count). The first kappa shape index (κ1) is 24.9. The maximum Gasteiger partial charge on any atom is 0.328 e. The van der Waals surface area contributed by atoms with E-state index in [1.165, 1.54) is 18.7 Å². The number of rotatable bonds is 9. The molecule has 0 bridgehead atoms. The first-order valence-corrected chi connectivity index (χ1v) is 9.88. The van der Waals surface area contributed by atoms with Crippen LogP contribution in [0.5, 0.6) is 0 Å². The molecule has 0 saturated carbocycles. The smallest absolute Gasteiger partial charge is 0.328 e. The van der Waals surface area contributed by atoms with Crippen molar-refractivity contribution >= 4 is 35.1 Å². The summed E-state index contributed by atoms with van der Waals surface area (Å²) in [6, 6.07) is 6.22. The van der Waals surface area contributed by atoms with Gasteiger partial charge in [-0.25, -0.2) is 14.8 Å². The van der Waals surface area contributed by atoms with Crippen LogP contribution in [-0.4, -0.2) is 60.9 Å². The van der Waals surface area contributed by atoms with Gasteiger partial charge in [0.2, 0.25) is 5.95 Å². The Kier molecular flexibility index (Phi) is 8.97. The van der Waals surface area contributed by atoms with Crippen LogP contribution >= 0.6 is 0 Å². The maximum absolute atomic E-state index is 11.4. The van der Waals surface area contributed by atoms with Gasteiger partial charge in [0.15, 0.2) is 0 Å². The summed E-state index contributed by atoms with van der Waals surface area (Å²) in [5.41, 5.74) is 14.0. The molecule has 0 spiro atoms. The number of hydrogen-bond donors (Lipinski definition) is 4. The lowest BCUT2D eigenvalue weighted by molar-refractivity contribution is -0.139. The second kappa shape index (κ2) is 11.9. The molecular formula is C21H26N8O4. The van der Waals surface area contributed by atoms with Crippen LogP contribution in [0.1, 0.15) is 31.0 Å². The van der Waals surface area contributed by atoms with Gasteiger partial charge in [0, 0.05) is 24.9 Å². The van der Waals surface area contributed by atoms with Gasteiger partial charge < -0.3 is 26.6 Å². The fourth-order valence-corrected chi connectivity index (χ4v) is 2.77. The molecule has 6 N–H and O–H groups in total. The number of carbonyl (C=O) groups is 2. The molecule has 174 valence electrons. The molecule has 12 heteroatoms. The number of aliphatic imine (C=N–C) groups is 1.